The van der Waals surface area contributed by atoms with Gasteiger partial charge in [-0.15, -0.1) is 0 Å². The first kappa shape index (κ1) is 54.7. The quantitative estimate of drug-likeness (QED) is 0.108. The Hall–Kier alpha value is -12.4. The molecule has 0 saturated carbocycles. The van der Waals surface area contributed by atoms with Gasteiger partial charge in [-0.2, -0.15) is 0 Å². The zero-order chi connectivity index (χ0) is 61.7. The van der Waals surface area contributed by atoms with Crippen molar-refractivity contribution in [3.8, 4) is 78.3 Å². The number of benzene rings is 12. The Morgan fingerprint density at radius 3 is 0.957 bits per heavy atom. The number of anilines is 6. The molecule has 6 heteroatoms. The van der Waals surface area contributed by atoms with E-state index in [9.17, 15) is 0 Å². The topological polar surface area (TPSA) is 58.5 Å². The molecule has 0 atom stereocenters. The summed E-state index contributed by atoms with van der Waals surface area (Å²) in [6.07, 6.45) is 7.43. The van der Waals surface area contributed by atoms with E-state index in [1.807, 2.05) is 36.9 Å². The second kappa shape index (κ2) is 23.2. The Morgan fingerprint density at radius 1 is 0.247 bits per heavy atom. The molecule has 17 rings (SSSR count). The van der Waals surface area contributed by atoms with E-state index in [2.05, 4.69) is 335 Å². The Labute approximate surface area is 539 Å². The summed E-state index contributed by atoms with van der Waals surface area (Å²) in [4.78, 5) is 13.5. The molecule has 16 aromatic rings. The fraction of sp³-hybridized carbons (Fsp3) is 0.0115. The maximum atomic E-state index is 7.10. The SMILES string of the molecule is c1ccc(-c2oc3cc(N(c4cccc(-c5ccncc5)c4)c4ccc5c(c4)C(c4ccccc4)(c4ccccc4)c4cc(N(c6cccc(-c7ccncc7)c6)c6ccc7c(-c8ccccc8)c(-c8ccccc8)oc7c6)ccc4-5)ccc3c2-c2ccccc2)cc1. The third-order valence-electron chi connectivity index (χ3n) is 18.3. The minimum Gasteiger partial charge on any atom is -0.455 e. The van der Waals surface area contributed by atoms with Gasteiger partial charge in [-0.3, -0.25) is 9.97 Å². The first-order valence-corrected chi connectivity index (χ1v) is 31.5. The van der Waals surface area contributed by atoms with Crippen LogP contribution in [0.4, 0.5) is 34.1 Å². The van der Waals surface area contributed by atoms with Crippen molar-refractivity contribution in [2.24, 2.45) is 0 Å². The highest BCUT2D eigenvalue weighted by Crippen LogP contribution is 2.59. The van der Waals surface area contributed by atoms with Crippen molar-refractivity contribution in [3.05, 3.63) is 375 Å². The molecule has 0 fully saturated rings. The average molecular weight is 1190 g/mol. The molecule has 0 radical (unpaired) electrons. The largest absolute Gasteiger partial charge is 0.455 e. The number of fused-ring (bicyclic) bond motifs is 5. The first-order chi connectivity index (χ1) is 46.1. The lowest BCUT2D eigenvalue weighted by molar-refractivity contribution is 0.632. The van der Waals surface area contributed by atoms with Gasteiger partial charge in [0, 0.05) is 104 Å². The van der Waals surface area contributed by atoms with E-state index in [1.165, 1.54) is 11.1 Å². The Morgan fingerprint density at radius 2 is 0.570 bits per heavy atom. The highest BCUT2D eigenvalue weighted by Gasteiger charge is 2.47. The van der Waals surface area contributed by atoms with Crippen LogP contribution in [0, 0.1) is 0 Å². The molecule has 6 nitrogen and oxygen atoms in total. The molecule has 0 spiro atoms. The molecule has 4 aromatic heterocycles. The normalized spacial score (nSPS) is 12.2. The van der Waals surface area contributed by atoms with Crippen LogP contribution in [-0.2, 0) is 5.41 Å². The van der Waals surface area contributed by atoms with Crippen molar-refractivity contribution in [1.82, 2.24) is 9.97 Å². The van der Waals surface area contributed by atoms with Crippen molar-refractivity contribution in [2.45, 2.75) is 5.41 Å². The van der Waals surface area contributed by atoms with Crippen molar-refractivity contribution < 1.29 is 8.83 Å². The number of furan rings is 2. The number of hydrogen-bond acceptors (Lipinski definition) is 6. The van der Waals surface area contributed by atoms with E-state index in [4.69, 9.17) is 8.83 Å². The number of hydrogen-bond donors (Lipinski definition) is 0. The second-order valence-electron chi connectivity index (χ2n) is 23.6. The maximum absolute atomic E-state index is 7.10. The number of aromatic nitrogens is 2. The van der Waals surface area contributed by atoms with Gasteiger partial charge in [0.15, 0.2) is 0 Å². The molecule has 0 amide bonds. The van der Waals surface area contributed by atoms with Gasteiger partial charge in [0.05, 0.1) is 5.41 Å². The van der Waals surface area contributed by atoms with Crippen LogP contribution in [0.5, 0.6) is 0 Å². The zero-order valence-corrected chi connectivity index (χ0v) is 50.6. The van der Waals surface area contributed by atoms with E-state index in [-0.39, 0.29) is 0 Å². The average Bonchev–Trinajstić information content (AvgIpc) is 1.55. The third-order valence-corrected chi connectivity index (χ3v) is 18.3. The molecule has 0 unspecified atom stereocenters. The van der Waals surface area contributed by atoms with Gasteiger partial charge in [-0.25, -0.2) is 0 Å². The molecule has 93 heavy (non-hydrogen) atoms. The van der Waals surface area contributed by atoms with Crippen LogP contribution in [0.15, 0.2) is 361 Å². The monoisotopic (exact) mass is 1190 g/mol. The summed E-state index contributed by atoms with van der Waals surface area (Å²) in [7, 11) is 0. The summed E-state index contributed by atoms with van der Waals surface area (Å²) >= 11 is 0. The third kappa shape index (κ3) is 9.59. The fourth-order valence-electron chi connectivity index (χ4n) is 14.2. The number of nitrogens with zero attached hydrogens (tertiary/aromatic N) is 4. The summed E-state index contributed by atoms with van der Waals surface area (Å²) in [5.74, 6) is 1.67. The van der Waals surface area contributed by atoms with Crippen LogP contribution in [0.2, 0.25) is 0 Å². The molecule has 438 valence electrons. The van der Waals surface area contributed by atoms with Gasteiger partial charge in [0.1, 0.15) is 22.7 Å². The molecule has 4 heterocycles. The predicted octanol–water partition coefficient (Wildman–Crippen LogP) is 23.3. The second-order valence-corrected chi connectivity index (χ2v) is 23.6. The molecular weight excluding hydrogens is 1130 g/mol. The lowest BCUT2D eigenvalue weighted by atomic mass is 9.67. The predicted molar refractivity (Wildman–Crippen MR) is 381 cm³/mol. The summed E-state index contributed by atoms with van der Waals surface area (Å²) < 4.78 is 14.2. The lowest BCUT2D eigenvalue weighted by Gasteiger charge is -2.35. The van der Waals surface area contributed by atoms with Crippen molar-refractivity contribution >= 4 is 56.1 Å². The fourth-order valence-corrected chi connectivity index (χ4v) is 14.2. The van der Waals surface area contributed by atoms with Crippen LogP contribution in [-0.4, -0.2) is 9.97 Å². The minimum absolute atomic E-state index is 0.792. The van der Waals surface area contributed by atoms with Crippen LogP contribution in [0.1, 0.15) is 22.3 Å². The van der Waals surface area contributed by atoms with Crippen molar-refractivity contribution in [1.29, 1.82) is 0 Å². The van der Waals surface area contributed by atoms with Crippen LogP contribution >= 0.6 is 0 Å². The van der Waals surface area contributed by atoms with E-state index in [1.54, 1.807) is 0 Å². The summed E-state index contributed by atoms with van der Waals surface area (Å²) in [6.45, 7) is 0. The standard InChI is InChI=1S/C87H58N4O2/c1-7-21-61(22-8-1)83-77-43-39-73(57-81(77)92-85(83)63-25-11-3-12-26-63)90(69-35-19-29-65(53-69)59-45-49-88-50-46-59)71-37-41-75-76-42-38-72(56-80(76)87(79(75)55-71,67-31-15-5-16-32-67)68-33-17-6-18-34-68)91(70-36-20-30-66(54-70)60-47-51-89-52-48-60)74-40-44-78-82(58-74)93-86(64-27-13-4-14-28-64)84(78)62-23-9-2-10-24-62/h1-58H. The van der Waals surface area contributed by atoms with Crippen molar-refractivity contribution in [2.75, 3.05) is 9.80 Å². The Bertz CT molecular complexity index is 5030. The van der Waals surface area contributed by atoms with E-state index in [0.717, 1.165) is 145 Å². The molecule has 0 aliphatic heterocycles. The van der Waals surface area contributed by atoms with Gasteiger partial charge in [0.25, 0.3) is 0 Å². The number of pyridine rings is 2. The van der Waals surface area contributed by atoms with E-state index in [0.29, 0.717) is 0 Å². The summed E-state index contributed by atoms with van der Waals surface area (Å²) in [5.41, 5.74) is 24.3. The van der Waals surface area contributed by atoms with Gasteiger partial charge in [0.2, 0.25) is 0 Å². The molecule has 12 aromatic carbocycles. The molecule has 0 saturated heterocycles. The zero-order valence-electron chi connectivity index (χ0n) is 50.6. The van der Waals surface area contributed by atoms with Crippen LogP contribution in [0.25, 0.3) is 100 Å². The maximum Gasteiger partial charge on any atom is 0.143 e. The Kier molecular flexibility index (Phi) is 13.7. The van der Waals surface area contributed by atoms with Crippen LogP contribution < -0.4 is 9.80 Å². The van der Waals surface area contributed by atoms with Crippen molar-refractivity contribution in [3.63, 3.8) is 0 Å². The van der Waals surface area contributed by atoms with Gasteiger partial charge < -0.3 is 18.6 Å². The molecule has 0 N–H and O–H groups in total. The number of rotatable bonds is 14. The van der Waals surface area contributed by atoms with Gasteiger partial charge >= 0.3 is 0 Å². The molecule has 1 aliphatic carbocycles. The highest BCUT2D eigenvalue weighted by atomic mass is 16.3. The van der Waals surface area contributed by atoms with Gasteiger partial charge in [-0.05, 0) is 164 Å². The first-order valence-electron chi connectivity index (χ1n) is 31.5. The Balaban J connectivity index is 0.885. The van der Waals surface area contributed by atoms with E-state index >= 15 is 0 Å². The highest BCUT2D eigenvalue weighted by molar-refractivity contribution is 6.05. The van der Waals surface area contributed by atoms with Crippen LogP contribution in [0.3, 0.4) is 0 Å². The summed E-state index contributed by atoms with van der Waals surface area (Å²) in [6, 6.07) is 118. The smallest absolute Gasteiger partial charge is 0.143 e. The van der Waals surface area contributed by atoms with E-state index < -0.39 is 5.41 Å². The molecule has 0 bridgehead atoms. The van der Waals surface area contributed by atoms with Gasteiger partial charge in [-0.1, -0.05) is 218 Å². The minimum atomic E-state index is -0.811. The molecular formula is C87H58N4O2. The summed E-state index contributed by atoms with van der Waals surface area (Å²) in [5, 5.41) is 2.08. The molecule has 1 aliphatic rings. The lowest BCUT2D eigenvalue weighted by Crippen LogP contribution is -2.29.